The Hall–Kier alpha value is -3.56. The van der Waals surface area contributed by atoms with Crippen molar-refractivity contribution in [3.8, 4) is 11.5 Å². The highest BCUT2D eigenvalue weighted by Gasteiger charge is 2.25. The lowest BCUT2D eigenvalue weighted by Crippen LogP contribution is -2.20. The number of nitrogens with one attached hydrogen (secondary N) is 1. The Morgan fingerprint density at radius 3 is 2.66 bits per heavy atom. The topological polar surface area (TPSA) is 74.1 Å². The van der Waals surface area contributed by atoms with E-state index in [9.17, 15) is 13.2 Å². The number of rotatable bonds is 6. The molecule has 0 saturated heterocycles. The summed E-state index contributed by atoms with van der Waals surface area (Å²) in [6, 6.07) is 10.2. The average Bonchev–Trinajstić information content (AvgIpc) is 3.18. The summed E-state index contributed by atoms with van der Waals surface area (Å²) in [5, 5.41) is 14.8. The van der Waals surface area contributed by atoms with E-state index >= 15 is 0 Å². The molecule has 0 amide bonds. The second kappa shape index (κ2) is 7.82. The summed E-state index contributed by atoms with van der Waals surface area (Å²) >= 11 is 0. The number of allylic oxidation sites excluding steroid dienone is 1. The third kappa shape index (κ3) is 3.86. The van der Waals surface area contributed by atoms with E-state index in [2.05, 4.69) is 25.6 Å². The molecule has 0 bridgehead atoms. The summed E-state index contributed by atoms with van der Waals surface area (Å²) in [4.78, 5) is 0. The van der Waals surface area contributed by atoms with Crippen LogP contribution in [0.1, 0.15) is 24.1 Å². The van der Waals surface area contributed by atoms with Gasteiger partial charge in [-0.15, -0.1) is 0 Å². The number of fused-ring (bicyclic) bond motifs is 1. The first-order valence-corrected chi connectivity index (χ1v) is 8.79. The van der Waals surface area contributed by atoms with Crippen LogP contribution in [0.4, 0.5) is 19.1 Å². The summed E-state index contributed by atoms with van der Waals surface area (Å²) < 4.78 is 50.1. The van der Waals surface area contributed by atoms with E-state index in [1.807, 2.05) is 6.08 Å². The Morgan fingerprint density at radius 2 is 1.93 bits per heavy atom. The monoisotopic (exact) mass is 403 g/mol. The Bertz CT molecular complexity index is 1040. The van der Waals surface area contributed by atoms with Gasteiger partial charge in [0.2, 0.25) is 5.95 Å². The number of benzene rings is 2. The van der Waals surface area contributed by atoms with Gasteiger partial charge >= 0.3 is 6.61 Å². The van der Waals surface area contributed by atoms with Gasteiger partial charge in [-0.2, -0.15) is 13.5 Å². The van der Waals surface area contributed by atoms with Crippen LogP contribution >= 0.6 is 0 Å². The van der Waals surface area contributed by atoms with Gasteiger partial charge in [-0.25, -0.2) is 4.39 Å². The summed E-state index contributed by atoms with van der Waals surface area (Å²) in [6.07, 6.45) is 1.86. The van der Waals surface area contributed by atoms with Gasteiger partial charge in [-0.1, -0.05) is 11.2 Å². The van der Waals surface area contributed by atoms with Gasteiger partial charge in [0.1, 0.15) is 11.9 Å². The first-order valence-electron chi connectivity index (χ1n) is 8.79. The standard InChI is InChI=1S/C19H16F3N5O2/c1-2-28-17-9-12(5-8-16(17)29-18(21)22)15-10-14(11-3-6-13(20)7-4-11)23-19-24-25-26-27(15)19/h3-10,15,18H,2H2,1H3,(H,23,24,26)/t15-/m1/s1. The number of tetrazole rings is 1. The fraction of sp³-hybridized carbons (Fsp3) is 0.211. The van der Waals surface area contributed by atoms with Gasteiger partial charge in [0.25, 0.3) is 0 Å². The molecule has 7 nitrogen and oxygen atoms in total. The van der Waals surface area contributed by atoms with Crippen LogP contribution in [0, 0.1) is 5.82 Å². The van der Waals surface area contributed by atoms with Crippen LogP contribution in [0.15, 0.2) is 48.5 Å². The molecular weight excluding hydrogens is 387 g/mol. The lowest BCUT2D eigenvalue weighted by molar-refractivity contribution is -0.0514. The van der Waals surface area contributed by atoms with Gasteiger partial charge in [0.15, 0.2) is 11.5 Å². The molecule has 150 valence electrons. The molecule has 0 spiro atoms. The fourth-order valence-electron chi connectivity index (χ4n) is 3.06. The number of anilines is 1. The molecule has 0 aliphatic carbocycles. The first-order chi connectivity index (χ1) is 14.0. The average molecular weight is 403 g/mol. The molecule has 2 aromatic carbocycles. The zero-order valence-corrected chi connectivity index (χ0v) is 15.2. The molecule has 0 saturated carbocycles. The predicted molar refractivity (Wildman–Crippen MR) is 98.2 cm³/mol. The lowest BCUT2D eigenvalue weighted by atomic mass is 10.0. The zero-order valence-electron chi connectivity index (χ0n) is 15.2. The zero-order chi connectivity index (χ0) is 20.4. The van der Waals surface area contributed by atoms with Crippen molar-refractivity contribution >= 4 is 11.6 Å². The van der Waals surface area contributed by atoms with E-state index in [4.69, 9.17) is 4.74 Å². The molecule has 10 heteroatoms. The summed E-state index contributed by atoms with van der Waals surface area (Å²) in [5.74, 6) is 0.180. The maximum Gasteiger partial charge on any atom is 0.387 e. The third-order valence-corrected chi connectivity index (χ3v) is 4.31. The smallest absolute Gasteiger partial charge is 0.387 e. The molecule has 1 atom stereocenters. The van der Waals surface area contributed by atoms with Gasteiger partial charge < -0.3 is 14.8 Å². The number of alkyl halides is 2. The van der Waals surface area contributed by atoms with Crippen molar-refractivity contribution in [2.45, 2.75) is 19.6 Å². The summed E-state index contributed by atoms with van der Waals surface area (Å²) in [7, 11) is 0. The minimum absolute atomic E-state index is 0.0563. The van der Waals surface area contributed by atoms with E-state index < -0.39 is 12.7 Å². The number of nitrogens with zero attached hydrogens (tertiary/aromatic N) is 4. The van der Waals surface area contributed by atoms with Crippen molar-refractivity contribution in [2.75, 3.05) is 11.9 Å². The van der Waals surface area contributed by atoms with Gasteiger partial charge in [0, 0.05) is 5.70 Å². The number of ether oxygens (including phenoxy) is 2. The van der Waals surface area contributed by atoms with Crippen LogP contribution in [0.25, 0.3) is 5.70 Å². The van der Waals surface area contributed by atoms with Gasteiger partial charge in [0.05, 0.1) is 6.61 Å². The number of hydrogen-bond donors (Lipinski definition) is 1. The van der Waals surface area contributed by atoms with E-state index in [0.29, 0.717) is 17.2 Å². The van der Waals surface area contributed by atoms with Crippen LogP contribution in [0.5, 0.6) is 11.5 Å². The van der Waals surface area contributed by atoms with E-state index in [-0.39, 0.29) is 23.9 Å². The highest BCUT2D eigenvalue weighted by atomic mass is 19.3. The Morgan fingerprint density at radius 1 is 1.14 bits per heavy atom. The van der Waals surface area contributed by atoms with Crippen LogP contribution < -0.4 is 14.8 Å². The maximum absolute atomic E-state index is 13.3. The normalized spacial score (nSPS) is 15.5. The van der Waals surface area contributed by atoms with Gasteiger partial charge in [-0.05, 0) is 71.0 Å². The molecule has 0 unspecified atom stereocenters. The van der Waals surface area contributed by atoms with Crippen molar-refractivity contribution in [3.05, 3.63) is 65.5 Å². The molecule has 1 aliphatic heterocycles. The van der Waals surface area contributed by atoms with Gasteiger partial charge in [-0.3, -0.25) is 0 Å². The van der Waals surface area contributed by atoms with E-state index in [0.717, 1.165) is 5.56 Å². The third-order valence-electron chi connectivity index (χ3n) is 4.31. The van der Waals surface area contributed by atoms with Crippen LogP contribution in [0.2, 0.25) is 0 Å². The Kier molecular flexibility index (Phi) is 5.07. The lowest BCUT2D eigenvalue weighted by Gasteiger charge is -2.24. The SMILES string of the molecule is CCOc1cc([C@H]2C=C(c3ccc(F)cc3)Nc3nnnn32)ccc1OC(F)F. The highest BCUT2D eigenvalue weighted by molar-refractivity contribution is 5.77. The minimum atomic E-state index is -2.96. The summed E-state index contributed by atoms with van der Waals surface area (Å²) in [5.41, 5.74) is 2.13. The molecule has 1 N–H and O–H groups in total. The van der Waals surface area contributed by atoms with Crippen molar-refractivity contribution in [1.82, 2.24) is 20.2 Å². The van der Waals surface area contributed by atoms with E-state index in [1.54, 1.807) is 35.9 Å². The highest BCUT2D eigenvalue weighted by Crippen LogP contribution is 2.36. The summed E-state index contributed by atoms with van der Waals surface area (Å²) in [6.45, 7) is -0.938. The molecule has 29 heavy (non-hydrogen) atoms. The molecule has 4 rings (SSSR count). The van der Waals surface area contributed by atoms with Crippen molar-refractivity contribution in [1.29, 1.82) is 0 Å². The number of halogens is 3. The molecule has 0 fully saturated rings. The second-order valence-electron chi connectivity index (χ2n) is 6.12. The molecule has 1 aromatic heterocycles. The fourth-order valence-corrected chi connectivity index (χ4v) is 3.06. The number of aromatic nitrogens is 4. The van der Waals surface area contributed by atoms with Crippen LogP contribution in [0.3, 0.4) is 0 Å². The molecule has 0 radical (unpaired) electrons. The quantitative estimate of drug-likeness (QED) is 0.674. The van der Waals surface area contributed by atoms with Crippen LogP contribution in [-0.2, 0) is 0 Å². The molecular formula is C19H16F3N5O2. The van der Waals surface area contributed by atoms with Crippen molar-refractivity contribution < 1.29 is 22.6 Å². The van der Waals surface area contributed by atoms with Crippen molar-refractivity contribution in [3.63, 3.8) is 0 Å². The molecule has 1 aliphatic rings. The van der Waals surface area contributed by atoms with Crippen molar-refractivity contribution in [2.24, 2.45) is 0 Å². The predicted octanol–water partition coefficient (Wildman–Crippen LogP) is 3.87. The molecule has 2 heterocycles. The first kappa shape index (κ1) is 18.8. The number of hydrogen-bond acceptors (Lipinski definition) is 6. The Labute approximate surface area is 163 Å². The molecule has 3 aromatic rings. The van der Waals surface area contributed by atoms with Crippen LogP contribution in [-0.4, -0.2) is 33.4 Å². The van der Waals surface area contributed by atoms with E-state index in [1.165, 1.54) is 18.2 Å². The largest absolute Gasteiger partial charge is 0.490 e. The maximum atomic E-state index is 13.3. The Balaban J connectivity index is 1.76. The minimum Gasteiger partial charge on any atom is -0.490 e. The second-order valence-corrected chi connectivity index (χ2v) is 6.12.